The average molecular weight is 457 g/mol. The Bertz CT molecular complexity index is 1060. The summed E-state index contributed by atoms with van der Waals surface area (Å²) in [6.07, 6.45) is 5.03. The van der Waals surface area contributed by atoms with E-state index in [-0.39, 0.29) is 43.0 Å². The zero-order valence-corrected chi connectivity index (χ0v) is 19.0. The summed E-state index contributed by atoms with van der Waals surface area (Å²) in [6, 6.07) is 7.60. The average Bonchev–Trinajstić information content (AvgIpc) is 3.23. The van der Waals surface area contributed by atoms with E-state index in [1.54, 1.807) is 32.0 Å². The molecule has 2 aliphatic rings. The summed E-state index contributed by atoms with van der Waals surface area (Å²) in [5.41, 5.74) is -0.844. The minimum Gasteiger partial charge on any atom is -0.461 e. The maximum Gasteiger partial charge on any atom is 0.358 e. The minimum absolute atomic E-state index is 0.00276. The molecule has 1 aromatic carbocycles. The summed E-state index contributed by atoms with van der Waals surface area (Å²) < 4.78 is 20.9. The third-order valence-corrected chi connectivity index (χ3v) is 6.50. The summed E-state index contributed by atoms with van der Waals surface area (Å²) in [7, 11) is 0. The van der Waals surface area contributed by atoms with Gasteiger partial charge in [-0.2, -0.15) is 5.10 Å². The zero-order valence-electron chi connectivity index (χ0n) is 19.0. The van der Waals surface area contributed by atoms with Crippen LogP contribution in [-0.4, -0.2) is 50.7 Å². The Morgan fingerprint density at radius 3 is 2.67 bits per heavy atom. The van der Waals surface area contributed by atoms with Gasteiger partial charge in [0, 0.05) is 17.7 Å². The number of carbonyl (C=O) groups is 3. The van der Waals surface area contributed by atoms with E-state index in [1.165, 1.54) is 21.7 Å². The summed E-state index contributed by atoms with van der Waals surface area (Å²) in [4.78, 5) is 40.7. The van der Waals surface area contributed by atoms with E-state index in [0.717, 1.165) is 32.1 Å². The smallest absolute Gasteiger partial charge is 0.358 e. The Morgan fingerprint density at radius 1 is 1.24 bits per heavy atom. The van der Waals surface area contributed by atoms with Gasteiger partial charge in [0.25, 0.3) is 5.91 Å². The fourth-order valence-corrected chi connectivity index (χ4v) is 4.58. The molecule has 1 saturated carbocycles. The van der Waals surface area contributed by atoms with Crippen LogP contribution in [0.5, 0.6) is 0 Å². The van der Waals surface area contributed by atoms with Gasteiger partial charge >= 0.3 is 5.97 Å². The number of fused-ring (bicyclic) bond motifs is 1. The predicted molar refractivity (Wildman–Crippen MR) is 118 cm³/mol. The monoisotopic (exact) mass is 456 g/mol. The van der Waals surface area contributed by atoms with Crippen LogP contribution in [0.3, 0.4) is 0 Å². The van der Waals surface area contributed by atoms with Gasteiger partial charge in [-0.1, -0.05) is 37.5 Å². The molecule has 2 aromatic rings. The molecule has 2 amide bonds. The molecule has 0 saturated heterocycles. The van der Waals surface area contributed by atoms with Crippen LogP contribution in [0.1, 0.15) is 72.5 Å². The molecule has 4 rings (SSSR count). The lowest BCUT2D eigenvalue weighted by Gasteiger charge is -2.44. The molecule has 0 bridgehead atoms. The standard InChI is InChI=1S/C24H29FN4O4/c1-3-33-22(31)19-13-20-21(30)28(14-16-9-7-8-12-18(16)25)24(2,15-29(20)27-19)23(32)26-17-10-5-4-6-11-17/h7-9,12-13,17H,3-6,10-11,14-15H2,1-2H3,(H,26,32). The molecular formula is C24H29FN4O4. The van der Waals surface area contributed by atoms with Gasteiger partial charge < -0.3 is 15.0 Å². The number of amides is 2. The normalized spacial score (nSPS) is 20.9. The van der Waals surface area contributed by atoms with Crippen LogP contribution >= 0.6 is 0 Å². The maximum absolute atomic E-state index is 14.5. The number of ether oxygens (including phenoxy) is 1. The summed E-state index contributed by atoms with van der Waals surface area (Å²) in [6.45, 7) is 3.48. The molecule has 1 fully saturated rings. The Kier molecular flexibility index (Phi) is 6.49. The van der Waals surface area contributed by atoms with Gasteiger partial charge in [-0.05, 0) is 32.8 Å². The van der Waals surface area contributed by atoms with Crippen molar-refractivity contribution in [1.29, 1.82) is 0 Å². The van der Waals surface area contributed by atoms with Crippen LogP contribution < -0.4 is 5.32 Å². The number of hydrogen-bond acceptors (Lipinski definition) is 5. The van der Waals surface area contributed by atoms with Crippen LogP contribution in [-0.2, 0) is 22.6 Å². The van der Waals surface area contributed by atoms with E-state index >= 15 is 0 Å². The Labute approximate surface area is 192 Å². The number of nitrogens with zero attached hydrogens (tertiary/aromatic N) is 3. The van der Waals surface area contributed by atoms with Crippen molar-refractivity contribution < 1.29 is 23.5 Å². The molecule has 8 nitrogen and oxygen atoms in total. The second-order valence-electron chi connectivity index (χ2n) is 8.86. The highest BCUT2D eigenvalue weighted by Crippen LogP contribution is 2.31. The molecule has 0 spiro atoms. The Morgan fingerprint density at radius 2 is 1.97 bits per heavy atom. The van der Waals surface area contributed by atoms with Crippen LogP contribution in [0.25, 0.3) is 0 Å². The van der Waals surface area contributed by atoms with E-state index < -0.39 is 23.2 Å². The zero-order chi connectivity index (χ0) is 23.6. The van der Waals surface area contributed by atoms with Crippen molar-refractivity contribution >= 4 is 17.8 Å². The van der Waals surface area contributed by atoms with E-state index in [0.29, 0.717) is 5.56 Å². The summed E-state index contributed by atoms with van der Waals surface area (Å²) in [5, 5.41) is 7.35. The topological polar surface area (TPSA) is 93.5 Å². The summed E-state index contributed by atoms with van der Waals surface area (Å²) >= 11 is 0. The predicted octanol–water partition coefficient (Wildman–Crippen LogP) is 3.06. The lowest BCUT2D eigenvalue weighted by Crippen LogP contribution is -2.64. The first-order valence-electron chi connectivity index (χ1n) is 11.4. The fourth-order valence-electron chi connectivity index (χ4n) is 4.58. The van der Waals surface area contributed by atoms with Crippen LogP contribution in [0.2, 0.25) is 0 Å². The highest BCUT2D eigenvalue weighted by atomic mass is 19.1. The van der Waals surface area contributed by atoms with Crippen molar-refractivity contribution in [3.05, 3.63) is 53.1 Å². The first kappa shape index (κ1) is 22.9. The van der Waals surface area contributed by atoms with Gasteiger partial charge in [0.1, 0.15) is 17.1 Å². The fraction of sp³-hybridized carbons (Fsp3) is 0.500. The number of rotatable bonds is 6. The molecule has 1 N–H and O–H groups in total. The molecule has 1 aromatic heterocycles. The van der Waals surface area contributed by atoms with Gasteiger partial charge in [0.2, 0.25) is 5.91 Å². The minimum atomic E-state index is -1.32. The van der Waals surface area contributed by atoms with Gasteiger partial charge in [0.15, 0.2) is 5.69 Å². The number of halogens is 1. The van der Waals surface area contributed by atoms with Crippen LogP contribution in [0.15, 0.2) is 30.3 Å². The van der Waals surface area contributed by atoms with Gasteiger partial charge in [-0.15, -0.1) is 0 Å². The third kappa shape index (κ3) is 4.49. The molecule has 1 atom stereocenters. The molecule has 1 aliphatic carbocycles. The van der Waals surface area contributed by atoms with Gasteiger partial charge in [0.05, 0.1) is 19.7 Å². The lowest BCUT2D eigenvalue weighted by atomic mass is 9.91. The van der Waals surface area contributed by atoms with Crippen LogP contribution in [0, 0.1) is 5.82 Å². The summed E-state index contributed by atoms with van der Waals surface area (Å²) in [5.74, 6) is -1.89. The van der Waals surface area contributed by atoms with Gasteiger partial charge in [-0.25, -0.2) is 9.18 Å². The maximum atomic E-state index is 14.5. The molecular weight excluding hydrogens is 427 g/mol. The number of aromatic nitrogens is 2. The Balaban J connectivity index is 1.70. The molecule has 2 heterocycles. The molecule has 1 aliphatic heterocycles. The van der Waals surface area contributed by atoms with Crippen molar-refractivity contribution in [3.63, 3.8) is 0 Å². The van der Waals surface area contributed by atoms with Crippen molar-refractivity contribution in [1.82, 2.24) is 20.0 Å². The van der Waals surface area contributed by atoms with E-state index in [1.807, 2.05) is 0 Å². The quantitative estimate of drug-likeness (QED) is 0.675. The number of benzene rings is 1. The van der Waals surface area contributed by atoms with E-state index in [4.69, 9.17) is 4.74 Å². The highest BCUT2D eigenvalue weighted by molar-refractivity contribution is 6.01. The lowest BCUT2D eigenvalue weighted by molar-refractivity contribution is -0.134. The SMILES string of the molecule is CCOC(=O)c1cc2n(n1)CC(C)(C(=O)NC1CCCCC1)N(Cc1ccccc1F)C2=O. The number of nitrogens with one attached hydrogen (secondary N) is 1. The molecule has 176 valence electrons. The van der Waals surface area contributed by atoms with Gasteiger partial charge in [-0.3, -0.25) is 14.3 Å². The first-order valence-corrected chi connectivity index (χ1v) is 11.4. The number of carbonyl (C=O) groups excluding carboxylic acids is 3. The van der Waals surface area contributed by atoms with Crippen molar-refractivity contribution in [3.8, 4) is 0 Å². The highest BCUT2D eigenvalue weighted by Gasteiger charge is 2.48. The van der Waals surface area contributed by atoms with Crippen molar-refractivity contribution in [2.45, 2.75) is 70.6 Å². The third-order valence-electron chi connectivity index (χ3n) is 6.50. The second kappa shape index (κ2) is 9.33. The van der Waals surface area contributed by atoms with Crippen molar-refractivity contribution in [2.75, 3.05) is 6.61 Å². The Hall–Kier alpha value is -3.23. The molecule has 1 unspecified atom stereocenters. The molecule has 9 heteroatoms. The molecule has 33 heavy (non-hydrogen) atoms. The van der Waals surface area contributed by atoms with Crippen molar-refractivity contribution in [2.24, 2.45) is 0 Å². The van der Waals surface area contributed by atoms with E-state index in [2.05, 4.69) is 10.4 Å². The largest absolute Gasteiger partial charge is 0.461 e. The second-order valence-corrected chi connectivity index (χ2v) is 8.86. The van der Waals surface area contributed by atoms with E-state index in [9.17, 15) is 18.8 Å². The van der Waals surface area contributed by atoms with Crippen LogP contribution in [0.4, 0.5) is 4.39 Å². The molecule has 0 radical (unpaired) electrons. The first-order chi connectivity index (χ1) is 15.8. The number of hydrogen-bond donors (Lipinski definition) is 1. The number of esters is 1.